The van der Waals surface area contributed by atoms with Crippen LogP contribution in [0.2, 0.25) is 0 Å². The van der Waals surface area contributed by atoms with E-state index < -0.39 is 0 Å². The number of ether oxygens (including phenoxy) is 2. The van der Waals surface area contributed by atoms with Crippen LogP contribution >= 0.6 is 11.3 Å². The molecular weight excluding hydrogens is 338 g/mol. The molecule has 1 unspecified atom stereocenters. The molecule has 0 fully saturated rings. The molecule has 0 bridgehead atoms. The number of aromatic nitrogens is 1. The van der Waals surface area contributed by atoms with E-state index in [1.807, 2.05) is 18.2 Å². The number of carbonyl (C=O) groups excluding carboxylic acids is 1. The summed E-state index contributed by atoms with van der Waals surface area (Å²) in [6.45, 7) is 2.45. The maximum Gasteiger partial charge on any atom is 0.271 e. The van der Waals surface area contributed by atoms with Crippen LogP contribution in [0.3, 0.4) is 0 Å². The van der Waals surface area contributed by atoms with Crippen molar-refractivity contribution >= 4 is 17.2 Å². The number of para-hydroxylation sites is 1. The third-order valence-corrected chi connectivity index (χ3v) is 4.84. The molecular formula is C18H25N3O3S. The summed E-state index contributed by atoms with van der Waals surface area (Å²) in [6.07, 6.45) is 3.03. The highest BCUT2D eigenvalue weighted by molar-refractivity contribution is 7.09. The van der Waals surface area contributed by atoms with E-state index >= 15 is 0 Å². The molecule has 0 aliphatic carbocycles. The van der Waals surface area contributed by atoms with E-state index in [9.17, 15) is 4.79 Å². The number of hydrogen-bond donors (Lipinski definition) is 2. The van der Waals surface area contributed by atoms with Gasteiger partial charge in [-0.2, -0.15) is 0 Å². The monoisotopic (exact) mass is 363 g/mol. The number of unbranched alkanes of at least 4 members (excludes halogenated alkanes) is 1. The third kappa shape index (κ3) is 4.93. The molecule has 7 heteroatoms. The van der Waals surface area contributed by atoms with Crippen molar-refractivity contribution in [3.05, 3.63) is 39.8 Å². The molecule has 1 amide bonds. The van der Waals surface area contributed by atoms with Crippen molar-refractivity contribution in [2.75, 3.05) is 14.2 Å². The van der Waals surface area contributed by atoms with Crippen LogP contribution in [0, 0.1) is 0 Å². The highest BCUT2D eigenvalue weighted by atomic mass is 32.1. The molecule has 0 saturated heterocycles. The van der Waals surface area contributed by atoms with Crippen molar-refractivity contribution in [3.8, 4) is 11.5 Å². The van der Waals surface area contributed by atoms with Crippen molar-refractivity contribution < 1.29 is 14.3 Å². The largest absolute Gasteiger partial charge is 0.493 e. The van der Waals surface area contributed by atoms with Crippen LogP contribution in [0.4, 0.5) is 0 Å². The predicted molar refractivity (Wildman–Crippen MR) is 99.3 cm³/mol. The Balaban J connectivity index is 2.00. The Morgan fingerprint density at radius 3 is 2.84 bits per heavy atom. The molecule has 1 atom stereocenters. The Morgan fingerprint density at radius 2 is 2.16 bits per heavy atom. The first-order chi connectivity index (χ1) is 12.1. The van der Waals surface area contributed by atoms with Crippen LogP contribution in [0.25, 0.3) is 0 Å². The number of nitrogens with two attached hydrogens (primary N) is 1. The molecule has 0 spiro atoms. The molecule has 2 aromatic rings. The van der Waals surface area contributed by atoms with Crippen LogP contribution in [-0.2, 0) is 6.54 Å². The Bertz CT molecular complexity index is 703. The molecule has 0 radical (unpaired) electrons. The molecule has 1 aromatic carbocycles. The van der Waals surface area contributed by atoms with Crippen LogP contribution in [0.15, 0.2) is 23.6 Å². The quantitative estimate of drug-likeness (QED) is 0.714. The molecule has 6 nitrogen and oxygen atoms in total. The second-order valence-electron chi connectivity index (χ2n) is 5.66. The Hall–Kier alpha value is -2.12. The average Bonchev–Trinajstić information content (AvgIpc) is 3.13. The first-order valence-electron chi connectivity index (χ1n) is 8.29. The Labute approximate surface area is 152 Å². The summed E-state index contributed by atoms with van der Waals surface area (Å²) in [5, 5.41) is 5.42. The van der Waals surface area contributed by atoms with Gasteiger partial charge in [-0.25, -0.2) is 4.98 Å². The fraction of sp³-hybridized carbons (Fsp3) is 0.444. The number of nitrogens with zero attached hydrogens (tertiary/aromatic N) is 1. The van der Waals surface area contributed by atoms with E-state index in [2.05, 4.69) is 17.2 Å². The molecule has 136 valence electrons. The van der Waals surface area contributed by atoms with Gasteiger partial charge < -0.3 is 20.5 Å². The van der Waals surface area contributed by atoms with Crippen LogP contribution < -0.4 is 20.5 Å². The minimum absolute atomic E-state index is 0.107. The number of hydrogen-bond acceptors (Lipinski definition) is 6. The lowest BCUT2D eigenvalue weighted by atomic mass is 10.1. The third-order valence-electron chi connectivity index (χ3n) is 3.86. The number of benzene rings is 1. The normalized spacial score (nSPS) is 11.8. The van der Waals surface area contributed by atoms with Gasteiger partial charge in [0.1, 0.15) is 10.7 Å². The number of rotatable bonds is 9. The van der Waals surface area contributed by atoms with Crippen molar-refractivity contribution in [3.63, 3.8) is 0 Å². The van der Waals surface area contributed by atoms with Gasteiger partial charge in [0, 0.05) is 17.5 Å². The lowest BCUT2D eigenvalue weighted by molar-refractivity contribution is 0.0946. The molecule has 25 heavy (non-hydrogen) atoms. The number of amides is 1. The second-order valence-corrected chi connectivity index (χ2v) is 6.54. The van der Waals surface area contributed by atoms with Crippen molar-refractivity contribution in [2.45, 2.75) is 38.8 Å². The van der Waals surface area contributed by atoms with Gasteiger partial charge in [-0.05, 0) is 12.5 Å². The molecule has 1 heterocycles. The standard InChI is InChI=1S/C18H25N3O3S/c1-4-5-8-13(19)18-21-14(11-25-18)17(22)20-10-12-7-6-9-15(23-2)16(12)24-3/h6-7,9,11,13H,4-5,8,10,19H2,1-3H3,(H,20,22). The zero-order chi connectivity index (χ0) is 18.2. The molecule has 2 rings (SSSR count). The summed E-state index contributed by atoms with van der Waals surface area (Å²) in [5.41, 5.74) is 7.35. The highest BCUT2D eigenvalue weighted by Gasteiger charge is 2.16. The zero-order valence-electron chi connectivity index (χ0n) is 14.9. The van der Waals surface area contributed by atoms with E-state index in [0.717, 1.165) is 29.8 Å². The Morgan fingerprint density at radius 1 is 1.36 bits per heavy atom. The number of thiazole rings is 1. The summed E-state index contributed by atoms with van der Waals surface area (Å²) < 4.78 is 10.6. The van der Waals surface area contributed by atoms with E-state index in [4.69, 9.17) is 15.2 Å². The van der Waals surface area contributed by atoms with Gasteiger partial charge in [-0.1, -0.05) is 31.9 Å². The predicted octanol–water partition coefficient (Wildman–Crippen LogP) is 3.28. The van der Waals surface area contributed by atoms with E-state index in [-0.39, 0.29) is 11.9 Å². The van der Waals surface area contributed by atoms with E-state index in [1.165, 1.54) is 11.3 Å². The smallest absolute Gasteiger partial charge is 0.271 e. The molecule has 0 aliphatic rings. The number of carbonyl (C=O) groups is 1. The van der Waals surface area contributed by atoms with E-state index in [0.29, 0.717) is 23.7 Å². The first-order valence-corrected chi connectivity index (χ1v) is 9.17. The lowest BCUT2D eigenvalue weighted by Crippen LogP contribution is -2.23. The van der Waals surface area contributed by atoms with Crippen molar-refractivity contribution in [1.29, 1.82) is 0 Å². The molecule has 0 saturated carbocycles. The summed E-state index contributed by atoms with van der Waals surface area (Å²) in [7, 11) is 3.16. The fourth-order valence-corrected chi connectivity index (χ4v) is 3.30. The zero-order valence-corrected chi connectivity index (χ0v) is 15.7. The van der Waals surface area contributed by atoms with Crippen LogP contribution in [0.5, 0.6) is 11.5 Å². The van der Waals surface area contributed by atoms with Crippen LogP contribution in [0.1, 0.15) is 53.3 Å². The van der Waals surface area contributed by atoms with Gasteiger partial charge in [-0.3, -0.25) is 4.79 Å². The maximum atomic E-state index is 12.3. The molecule has 3 N–H and O–H groups in total. The summed E-state index contributed by atoms with van der Waals surface area (Å²) in [6, 6.07) is 5.45. The summed E-state index contributed by atoms with van der Waals surface area (Å²) in [4.78, 5) is 16.7. The number of nitrogens with one attached hydrogen (secondary N) is 1. The van der Waals surface area contributed by atoms with Gasteiger partial charge in [-0.15, -0.1) is 11.3 Å². The fourth-order valence-electron chi connectivity index (χ4n) is 2.47. The van der Waals surface area contributed by atoms with Crippen molar-refractivity contribution in [1.82, 2.24) is 10.3 Å². The van der Waals surface area contributed by atoms with Crippen LogP contribution in [-0.4, -0.2) is 25.1 Å². The highest BCUT2D eigenvalue weighted by Crippen LogP contribution is 2.30. The number of methoxy groups -OCH3 is 2. The second kappa shape index (κ2) is 9.39. The van der Waals surface area contributed by atoms with Gasteiger partial charge >= 0.3 is 0 Å². The van der Waals surface area contributed by atoms with Crippen molar-refractivity contribution in [2.24, 2.45) is 5.73 Å². The average molecular weight is 363 g/mol. The maximum absolute atomic E-state index is 12.3. The summed E-state index contributed by atoms with van der Waals surface area (Å²) >= 11 is 1.43. The molecule has 0 aliphatic heterocycles. The van der Waals surface area contributed by atoms with Gasteiger partial charge in [0.15, 0.2) is 11.5 Å². The van der Waals surface area contributed by atoms with Gasteiger partial charge in [0.05, 0.1) is 20.3 Å². The lowest BCUT2D eigenvalue weighted by Gasteiger charge is -2.12. The van der Waals surface area contributed by atoms with Gasteiger partial charge in [0.25, 0.3) is 5.91 Å². The minimum Gasteiger partial charge on any atom is -0.493 e. The Kier molecular flexibility index (Phi) is 7.21. The van der Waals surface area contributed by atoms with E-state index in [1.54, 1.807) is 19.6 Å². The summed E-state index contributed by atoms with van der Waals surface area (Å²) in [5.74, 6) is 1.02. The van der Waals surface area contributed by atoms with Gasteiger partial charge in [0.2, 0.25) is 0 Å². The SMILES string of the molecule is CCCCC(N)c1nc(C(=O)NCc2cccc(OC)c2OC)cs1. The molecule has 1 aromatic heterocycles. The topological polar surface area (TPSA) is 86.5 Å². The minimum atomic E-state index is -0.227. The first kappa shape index (κ1) is 19.2.